The van der Waals surface area contributed by atoms with Crippen molar-refractivity contribution in [3.05, 3.63) is 35.7 Å². The summed E-state index contributed by atoms with van der Waals surface area (Å²) in [6.45, 7) is 9.19. The molecule has 1 saturated heterocycles. The van der Waals surface area contributed by atoms with E-state index in [0.717, 1.165) is 24.0 Å². The summed E-state index contributed by atoms with van der Waals surface area (Å²) >= 11 is 0. The van der Waals surface area contributed by atoms with E-state index in [1.165, 1.54) is 0 Å². The molecule has 0 unspecified atom stereocenters. The summed E-state index contributed by atoms with van der Waals surface area (Å²) in [5.41, 5.74) is 1.57. The first-order chi connectivity index (χ1) is 12.8. The molecule has 1 aromatic carbocycles. The maximum Gasteiger partial charge on any atom is 0.410 e. The van der Waals surface area contributed by atoms with Crippen LogP contribution in [-0.4, -0.2) is 45.9 Å². The van der Waals surface area contributed by atoms with Gasteiger partial charge in [-0.1, -0.05) is 22.9 Å². The Hall–Kier alpha value is -2.41. The van der Waals surface area contributed by atoms with Gasteiger partial charge in [0.05, 0.1) is 6.10 Å². The lowest BCUT2D eigenvalue weighted by Crippen LogP contribution is -2.43. The highest BCUT2D eigenvalue weighted by Gasteiger charge is 2.27. The minimum Gasteiger partial charge on any atom is -0.444 e. The predicted octanol–water partition coefficient (Wildman–Crippen LogP) is 3.96. The first-order valence-corrected chi connectivity index (χ1v) is 9.29. The molecule has 0 N–H and O–H groups in total. The highest BCUT2D eigenvalue weighted by atomic mass is 16.6. The molecule has 1 aliphatic rings. The van der Waals surface area contributed by atoms with Crippen LogP contribution in [0.2, 0.25) is 0 Å². The predicted molar refractivity (Wildman–Crippen MR) is 100 cm³/mol. The summed E-state index contributed by atoms with van der Waals surface area (Å²) in [7, 11) is 0. The molecule has 1 amide bonds. The van der Waals surface area contributed by atoms with Crippen molar-refractivity contribution in [2.24, 2.45) is 0 Å². The molecule has 2 aromatic rings. The molecule has 3 rings (SSSR count). The van der Waals surface area contributed by atoms with Crippen LogP contribution in [0.4, 0.5) is 4.79 Å². The van der Waals surface area contributed by atoms with Crippen molar-refractivity contribution >= 4 is 6.09 Å². The van der Waals surface area contributed by atoms with Crippen molar-refractivity contribution in [1.29, 1.82) is 0 Å². The van der Waals surface area contributed by atoms with Gasteiger partial charge in [0.2, 0.25) is 0 Å². The van der Waals surface area contributed by atoms with Crippen LogP contribution < -0.4 is 0 Å². The smallest absolute Gasteiger partial charge is 0.410 e. The molecule has 27 heavy (non-hydrogen) atoms. The van der Waals surface area contributed by atoms with E-state index in [4.69, 9.17) is 14.0 Å². The van der Waals surface area contributed by atoms with Crippen LogP contribution in [0.1, 0.15) is 45.0 Å². The zero-order valence-electron chi connectivity index (χ0n) is 16.4. The lowest BCUT2D eigenvalue weighted by atomic mass is 10.1. The fraction of sp³-hybridized carbons (Fsp3) is 0.550. The van der Waals surface area contributed by atoms with E-state index in [0.29, 0.717) is 31.4 Å². The van der Waals surface area contributed by atoms with Crippen LogP contribution >= 0.6 is 0 Å². The van der Waals surface area contributed by atoms with Gasteiger partial charge in [0.25, 0.3) is 5.89 Å². The fourth-order valence-corrected chi connectivity index (χ4v) is 2.93. The minimum absolute atomic E-state index is 0.0737. The minimum atomic E-state index is -0.474. The summed E-state index contributed by atoms with van der Waals surface area (Å²) < 4.78 is 16.6. The number of carbonyl (C=O) groups excluding carboxylic acids is 1. The van der Waals surface area contributed by atoms with Gasteiger partial charge in [-0.25, -0.2) is 4.79 Å². The summed E-state index contributed by atoms with van der Waals surface area (Å²) in [4.78, 5) is 18.2. The first-order valence-electron chi connectivity index (χ1n) is 9.29. The number of piperidine rings is 1. The normalized spacial score (nSPS) is 15.8. The molecule has 7 heteroatoms. The third-order valence-corrected chi connectivity index (χ3v) is 4.27. The van der Waals surface area contributed by atoms with Crippen molar-refractivity contribution in [2.45, 2.75) is 58.8 Å². The monoisotopic (exact) mass is 373 g/mol. The third kappa shape index (κ3) is 5.53. The SMILES string of the molecule is Cc1cccc(-c2nc(COC3CCN(C(=O)OC(C)(C)C)CC3)no2)c1. The summed E-state index contributed by atoms with van der Waals surface area (Å²) in [5, 5.41) is 3.99. The van der Waals surface area contributed by atoms with Gasteiger partial charge in [-0.3, -0.25) is 0 Å². The van der Waals surface area contributed by atoms with Crippen molar-refractivity contribution in [1.82, 2.24) is 15.0 Å². The molecule has 0 bridgehead atoms. The van der Waals surface area contributed by atoms with Crippen LogP contribution in [0.15, 0.2) is 28.8 Å². The molecule has 1 fully saturated rings. The molecule has 0 radical (unpaired) electrons. The third-order valence-electron chi connectivity index (χ3n) is 4.27. The van der Waals surface area contributed by atoms with E-state index < -0.39 is 5.60 Å². The number of amides is 1. The van der Waals surface area contributed by atoms with Gasteiger partial charge >= 0.3 is 6.09 Å². The molecule has 1 aliphatic heterocycles. The van der Waals surface area contributed by atoms with E-state index in [-0.39, 0.29) is 12.2 Å². The number of aryl methyl sites for hydroxylation is 1. The van der Waals surface area contributed by atoms with E-state index in [2.05, 4.69) is 10.1 Å². The molecule has 0 aliphatic carbocycles. The topological polar surface area (TPSA) is 77.7 Å². The van der Waals surface area contributed by atoms with Gasteiger partial charge < -0.3 is 18.9 Å². The Bertz CT molecular complexity index is 774. The van der Waals surface area contributed by atoms with Gasteiger partial charge in [-0.05, 0) is 52.7 Å². The van der Waals surface area contributed by atoms with Crippen molar-refractivity contribution in [3.8, 4) is 11.5 Å². The highest BCUT2D eigenvalue weighted by molar-refractivity contribution is 5.68. The van der Waals surface area contributed by atoms with Crippen LogP contribution in [-0.2, 0) is 16.1 Å². The molecular weight excluding hydrogens is 346 g/mol. The summed E-state index contributed by atoms with van der Waals surface area (Å²) in [6.07, 6.45) is 1.34. The number of benzene rings is 1. The second-order valence-electron chi connectivity index (χ2n) is 7.86. The van der Waals surface area contributed by atoms with E-state index in [1.54, 1.807) is 4.90 Å². The van der Waals surface area contributed by atoms with Crippen molar-refractivity contribution in [3.63, 3.8) is 0 Å². The molecule has 0 atom stereocenters. The Morgan fingerprint density at radius 3 is 2.70 bits per heavy atom. The van der Waals surface area contributed by atoms with Gasteiger partial charge in [-0.2, -0.15) is 4.98 Å². The largest absolute Gasteiger partial charge is 0.444 e. The molecule has 0 saturated carbocycles. The van der Waals surface area contributed by atoms with E-state index in [9.17, 15) is 4.79 Å². The van der Waals surface area contributed by atoms with Crippen LogP contribution in [0, 0.1) is 6.92 Å². The van der Waals surface area contributed by atoms with Gasteiger partial charge in [0, 0.05) is 18.7 Å². The van der Waals surface area contributed by atoms with Gasteiger partial charge in [-0.15, -0.1) is 0 Å². The van der Waals surface area contributed by atoms with Crippen LogP contribution in [0.3, 0.4) is 0 Å². The second kappa shape index (κ2) is 8.08. The Morgan fingerprint density at radius 1 is 1.30 bits per heavy atom. The quantitative estimate of drug-likeness (QED) is 0.807. The van der Waals surface area contributed by atoms with Crippen LogP contribution in [0.25, 0.3) is 11.5 Å². The fourth-order valence-electron chi connectivity index (χ4n) is 2.93. The molecule has 1 aromatic heterocycles. The molecule has 2 heterocycles. The highest BCUT2D eigenvalue weighted by Crippen LogP contribution is 2.20. The molecule has 0 spiro atoms. The average Bonchev–Trinajstić information content (AvgIpc) is 3.08. The van der Waals surface area contributed by atoms with E-state index in [1.807, 2.05) is 52.0 Å². The van der Waals surface area contributed by atoms with E-state index >= 15 is 0 Å². The summed E-state index contributed by atoms with van der Waals surface area (Å²) in [6, 6.07) is 7.93. The maximum absolute atomic E-state index is 12.1. The Labute approximate surface area is 159 Å². The number of hydrogen-bond acceptors (Lipinski definition) is 6. The number of aromatic nitrogens is 2. The zero-order valence-corrected chi connectivity index (χ0v) is 16.4. The van der Waals surface area contributed by atoms with Crippen LogP contribution in [0.5, 0.6) is 0 Å². The standard InChI is InChI=1S/C20H27N3O4/c1-14-6-5-7-15(12-14)18-21-17(22-27-18)13-25-16-8-10-23(11-9-16)19(24)26-20(2,3)4/h5-7,12,16H,8-11,13H2,1-4H3. The number of likely N-dealkylation sites (tertiary alicyclic amines) is 1. The maximum atomic E-state index is 12.1. The number of hydrogen-bond donors (Lipinski definition) is 0. The first kappa shape index (κ1) is 19.4. The lowest BCUT2D eigenvalue weighted by molar-refractivity contribution is -0.0190. The summed E-state index contributed by atoms with van der Waals surface area (Å²) in [5.74, 6) is 1.03. The van der Waals surface area contributed by atoms with Crippen molar-refractivity contribution < 1.29 is 18.8 Å². The molecule has 146 valence electrons. The number of rotatable bonds is 4. The van der Waals surface area contributed by atoms with Gasteiger partial charge in [0.1, 0.15) is 12.2 Å². The molecule has 7 nitrogen and oxygen atoms in total. The zero-order chi connectivity index (χ0) is 19.4. The average molecular weight is 373 g/mol. The Morgan fingerprint density at radius 2 is 2.04 bits per heavy atom. The number of nitrogens with zero attached hydrogens (tertiary/aromatic N) is 3. The number of ether oxygens (including phenoxy) is 2. The number of carbonyl (C=O) groups is 1. The second-order valence-corrected chi connectivity index (χ2v) is 7.86. The molecular formula is C20H27N3O4. The lowest BCUT2D eigenvalue weighted by Gasteiger charge is -2.33. The van der Waals surface area contributed by atoms with Gasteiger partial charge in [0.15, 0.2) is 5.82 Å². The Kier molecular flexibility index (Phi) is 5.79. The van der Waals surface area contributed by atoms with Crippen molar-refractivity contribution in [2.75, 3.05) is 13.1 Å². The Balaban J connectivity index is 1.46.